The van der Waals surface area contributed by atoms with E-state index >= 15 is 0 Å². The Hall–Kier alpha value is -2.66. The molecule has 0 unspecified atom stereocenters. The fourth-order valence-corrected chi connectivity index (χ4v) is 1.73. The van der Waals surface area contributed by atoms with Gasteiger partial charge >= 0.3 is 6.18 Å². The Balaban J connectivity index is 2.48. The molecule has 0 spiro atoms. The van der Waals surface area contributed by atoms with Gasteiger partial charge in [0.05, 0.1) is 5.71 Å². The number of hydrogen-bond acceptors (Lipinski definition) is 5. The minimum atomic E-state index is -5.61. The monoisotopic (exact) mass is 356 g/mol. The smallest absolute Gasteiger partial charge is 0.272 e. The Morgan fingerprint density at radius 2 is 1.54 bits per heavy atom. The average Bonchev–Trinajstić information content (AvgIpc) is 2.90. The number of alkyl halides is 3. The molecular formula is C12H7F7N4O. The van der Waals surface area contributed by atoms with Gasteiger partial charge in [-0.1, -0.05) is 5.16 Å². The molecule has 12 heteroatoms. The fourth-order valence-electron chi connectivity index (χ4n) is 1.73. The maximum atomic E-state index is 13.6. The maximum Gasteiger partial charge on any atom is 0.422 e. The Morgan fingerprint density at radius 1 is 1.00 bits per heavy atom. The van der Waals surface area contributed by atoms with E-state index in [4.69, 9.17) is 0 Å². The zero-order valence-corrected chi connectivity index (χ0v) is 11.9. The van der Waals surface area contributed by atoms with Crippen LogP contribution >= 0.6 is 0 Å². The molecule has 2 aromatic rings. The van der Waals surface area contributed by atoms with Crippen LogP contribution in [0.3, 0.4) is 0 Å². The number of hydrogen-bond donors (Lipinski definition) is 1. The molecular weight excluding hydrogens is 349 g/mol. The zero-order valence-electron chi connectivity index (χ0n) is 11.9. The summed E-state index contributed by atoms with van der Waals surface area (Å²) in [4.78, 5) is 0. The first-order valence-electron chi connectivity index (χ1n) is 6.08. The first-order valence-corrected chi connectivity index (χ1v) is 6.08. The molecule has 1 heterocycles. The normalized spacial score (nSPS) is 12.6. The molecule has 0 saturated carbocycles. The lowest BCUT2D eigenvalue weighted by Crippen LogP contribution is -2.17. The molecule has 0 radical (unpaired) electrons. The van der Waals surface area contributed by atoms with Gasteiger partial charge in [0, 0.05) is 0 Å². The van der Waals surface area contributed by atoms with Crippen molar-refractivity contribution in [3.05, 3.63) is 40.2 Å². The largest absolute Gasteiger partial charge is 0.422 e. The Labute approximate surface area is 129 Å². The van der Waals surface area contributed by atoms with Crippen molar-refractivity contribution >= 4 is 11.4 Å². The fraction of sp³-hybridized carbons (Fsp3) is 0.250. The van der Waals surface area contributed by atoms with Crippen molar-refractivity contribution in [3.63, 3.8) is 0 Å². The summed E-state index contributed by atoms with van der Waals surface area (Å²) in [5.74, 6) is -9.72. The minimum Gasteiger partial charge on any atom is -0.272 e. The maximum absolute atomic E-state index is 13.6. The van der Waals surface area contributed by atoms with E-state index in [2.05, 4.69) is 20.0 Å². The average molecular weight is 356 g/mol. The first-order chi connectivity index (χ1) is 11.1. The van der Waals surface area contributed by atoms with Gasteiger partial charge in [-0.05, 0) is 19.0 Å². The van der Waals surface area contributed by atoms with Gasteiger partial charge in [-0.25, -0.2) is 22.2 Å². The van der Waals surface area contributed by atoms with Gasteiger partial charge in [0.1, 0.15) is 16.9 Å². The van der Waals surface area contributed by atoms with Crippen molar-refractivity contribution in [1.29, 1.82) is 0 Å². The third kappa shape index (κ3) is 3.03. The molecule has 1 aromatic carbocycles. The van der Waals surface area contributed by atoms with Crippen LogP contribution in [0.15, 0.2) is 9.73 Å². The third-order valence-electron chi connectivity index (χ3n) is 2.88. The standard InChI is InChI=1S/C12H7F7N4O/c1-3(10-4(2)22-24-23-10)20-21-11-8(15)6(13)5(12(17,18)19)7(14)9(11)16/h21H,1-2H3. The molecule has 1 N–H and O–H groups in total. The van der Waals surface area contributed by atoms with Crippen molar-refractivity contribution in [3.8, 4) is 0 Å². The van der Waals surface area contributed by atoms with Crippen LogP contribution in [-0.4, -0.2) is 16.0 Å². The molecule has 5 nitrogen and oxygen atoms in total. The topological polar surface area (TPSA) is 63.3 Å². The molecule has 0 fully saturated rings. The van der Waals surface area contributed by atoms with Gasteiger partial charge in [-0.2, -0.15) is 18.3 Å². The van der Waals surface area contributed by atoms with Crippen molar-refractivity contribution in [2.45, 2.75) is 20.0 Å². The number of nitrogens with one attached hydrogen (secondary N) is 1. The van der Waals surface area contributed by atoms with Crippen molar-refractivity contribution < 1.29 is 35.4 Å². The number of halogens is 7. The van der Waals surface area contributed by atoms with Gasteiger partial charge < -0.3 is 0 Å². The molecule has 0 saturated heterocycles. The summed E-state index contributed by atoms with van der Waals surface area (Å²) in [7, 11) is 0. The van der Waals surface area contributed by atoms with Crippen LogP contribution in [0.25, 0.3) is 0 Å². The molecule has 2 rings (SSSR count). The van der Waals surface area contributed by atoms with Crippen LogP contribution in [0.2, 0.25) is 0 Å². The van der Waals surface area contributed by atoms with E-state index in [0.717, 1.165) is 0 Å². The molecule has 0 aliphatic heterocycles. The van der Waals surface area contributed by atoms with Crippen LogP contribution in [0, 0.1) is 30.2 Å². The number of nitrogens with zero attached hydrogens (tertiary/aromatic N) is 3. The summed E-state index contributed by atoms with van der Waals surface area (Å²) < 4.78 is 95.9. The molecule has 24 heavy (non-hydrogen) atoms. The Bertz CT molecular complexity index is 783. The molecule has 0 aliphatic rings. The second-order valence-corrected chi connectivity index (χ2v) is 4.51. The van der Waals surface area contributed by atoms with E-state index in [1.807, 2.05) is 0 Å². The van der Waals surface area contributed by atoms with Gasteiger partial charge in [0.25, 0.3) is 0 Å². The highest BCUT2D eigenvalue weighted by atomic mass is 19.4. The van der Waals surface area contributed by atoms with Gasteiger partial charge in [0.15, 0.2) is 29.0 Å². The van der Waals surface area contributed by atoms with E-state index < -0.39 is 40.7 Å². The van der Waals surface area contributed by atoms with Gasteiger partial charge in [-0.3, -0.25) is 5.43 Å². The summed E-state index contributed by atoms with van der Waals surface area (Å²) in [6.07, 6.45) is -5.61. The molecule has 0 aliphatic carbocycles. The molecule has 130 valence electrons. The molecule has 0 amide bonds. The first kappa shape index (κ1) is 17.7. The van der Waals surface area contributed by atoms with E-state index in [9.17, 15) is 30.7 Å². The number of aromatic nitrogens is 2. The highest BCUT2D eigenvalue weighted by Gasteiger charge is 2.42. The number of rotatable bonds is 3. The van der Waals surface area contributed by atoms with Crippen molar-refractivity contribution in [2.75, 3.05) is 5.43 Å². The predicted octanol–water partition coefficient (Wildman–Crippen LogP) is 3.79. The molecule has 0 bridgehead atoms. The number of aryl methyl sites for hydroxylation is 1. The van der Waals surface area contributed by atoms with Gasteiger partial charge in [0.2, 0.25) is 0 Å². The summed E-state index contributed by atoms with van der Waals surface area (Å²) in [6.45, 7) is 2.75. The lowest BCUT2D eigenvalue weighted by atomic mass is 10.1. The van der Waals surface area contributed by atoms with Crippen LogP contribution in [0.5, 0.6) is 0 Å². The van der Waals surface area contributed by atoms with Crippen molar-refractivity contribution in [2.24, 2.45) is 5.10 Å². The number of benzene rings is 1. The number of hydrazone groups is 1. The van der Waals surface area contributed by atoms with E-state index in [1.54, 1.807) is 5.43 Å². The lowest BCUT2D eigenvalue weighted by Gasteiger charge is -2.13. The van der Waals surface area contributed by atoms with E-state index in [1.165, 1.54) is 13.8 Å². The summed E-state index contributed by atoms with van der Waals surface area (Å²) in [6, 6.07) is 0. The third-order valence-corrected chi connectivity index (χ3v) is 2.88. The SMILES string of the molecule is CC(=NNc1c(F)c(F)c(C(F)(F)F)c(F)c1F)c1nonc1C. The number of anilines is 1. The summed E-state index contributed by atoms with van der Waals surface area (Å²) in [5.41, 5.74) is -2.28. The highest BCUT2D eigenvalue weighted by molar-refractivity contribution is 5.98. The molecule has 0 atom stereocenters. The van der Waals surface area contributed by atoms with Crippen LogP contribution < -0.4 is 5.43 Å². The second kappa shape index (κ2) is 6.09. The summed E-state index contributed by atoms with van der Waals surface area (Å²) in [5, 5.41) is 10.2. The highest BCUT2D eigenvalue weighted by Crippen LogP contribution is 2.38. The predicted molar refractivity (Wildman–Crippen MR) is 66.1 cm³/mol. The van der Waals surface area contributed by atoms with E-state index in [-0.39, 0.29) is 17.1 Å². The minimum absolute atomic E-state index is 0.0479. The molecule has 1 aromatic heterocycles. The Kier molecular flexibility index (Phi) is 4.49. The summed E-state index contributed by atoms with van der Waals surface area (Å²) >= 11 is 0. The van der Waals surface area contributed by atoms with E-state index in [0.29, 0.717) is 0 Å². The Morgan fingerprint density at radius 3 is 1.96 bits per heavy atom. The van der Waals surface area contributed by atoms with Crippen LogP contribution in [0.1, 0.15) is 23.9 Å². The van der Waals surface area contributed by atoms with Crippen molar-refractivity contribution in [1.82, 2.24) is 10.3 Å². The second-order valence-electron chi connectivity index (χ2n) is 4.51. The quantitative estimate of drug-likeness (QED) is 0.393. The van der Waals surface area contributed by atoms with Crippen LogP contribution in [-0.2, 0) is 6.18 Å². The zero-order chi connectivity index (χ0) is 18.2. The van der Waals surface area contributed by atoms with Crippen LogP contribution in [0.4, 0.5) is 36.4 Å². The van der Waals surface area contributed by atoms with Gasteiger partial charge in [-0.15, -0.1) is 0 Å². The lowest BCUT2D eigenvalue weighted by molar-refractivity contribution is -0.143.